The molecule has 0 spiro atoms. The summed E-state index contributed by atoms with van der Waals surface area (Å²) in [5, 5.41) is 11.3. The van der Waals surface area contributed by atoms with E-state index in [2.05, 4.69) is 15.3 Å². The highest BCUT2D eigenvalue weighted by Crippen LogP contribution is 2.26. The molecule has 0 unspecified atom stereocenters. The third kappa shape index (κ3) is 5.21. The second kappa shape index (κ2) is 10.1. The highest BCUT2D eigenvalue weighted by Gasteiger charge is 2.20. The van der Waals surface area contributed by atoms with Gasteiger partial charge in [-0.2, -0.15) is 0 Å². The molecule has 0 atom stereocenters. The smallest absolute Gasteiger partial charge is 0.294 e. The van der Waals surface area contributed by atoms with Crippen LogP contribution in [0.1, 0.15) is 57.2 Å². The van der Waals surface area contributed by atoms with Crippen molar-refractivity contribution >= 4 is 36.1 Å². The van der Waals surface area contributed by atoms with Gasteiger partial charge in [0, 0.05) is 36.8 Å². The van der Waals surface area contributed by atoms with Gasteiger partial charge in [-0.05, 0) is 49.4 Å². The second-order valence-corrected chi connectivity index (χ2v) is 8.82. The Kier molecular flexibility index (Phi) is 7.01. The maximum atomic E-state index is 13.5. The van der Waals surface area contributed by atoms with Crippen molar-refractivity contribution in [2.24, 2.45) is 5.92 Å². The summed E-state index contributed by atoms with van der Waals surface area (Å²) in [5.41, 5.74) is 4.01. The van der Waals surface area contributed by atoms with Gasteiger partial charge in [0.25, 0.3) is 5.56 Å². The summed E-state index contributed by atoms with van der Waals surface area (Å²) < 4.78 is 1.76. The van der Waals surface area contributed by atoms with E-state index in [0.29, 0.717) is 58.4 Å². The Balaban J connectivity index is 1.79. The molecule has 0 saturated heterocycles. The van der Waals surface area contributed by atoms with Crippen LogP contribution >= 0.6 is 0 Å². The number of allylic oxidation sites excluding steroid dienone is 2. The molecular formula is C25H29BN6O. The van der Waals surface area contributed by atoms with Crippen LogP contribution in [-0.4, -0.2) is 33.1 Å². The lowest BCUT2D eigenvalue weighted by molar-refractivity contribution is 0.319. The Morgan fingerprint density at radius 2 is 1.97 bits per heavy atom. The fourth-order valence-electron chi connectivity index (χ4n) is 4.55. The Hall–Kier alpha value is -3.29. The molecule has 168 valence electrons. The van der Waals surface area contributed by atoms with Gasteiger partial charge in [-0.1, -0.05) is 32.3 Å². The van der Waals surface area contributed by atoms with Crippen LogP contribution in [0.15, 0.2) is 46.9 Å². The molecule has 1 aliphatic rings. The first-order valence-corrected chi connectivity index (χ1v) is 11.5. The number of hydrogen-bond acceptors (Lipinski definition) is 6. The van der Waals surface area contributed by atoms with Crippen LogP contribution in [0.5, 0.6) is 0 Å². The van der Waals surface area contributed by atoms with Crippen LogP contribution in [0, 0.1) is 11.3 Å². The zero-order valence-corrected chi connectivity index (χ0v) is 19.3. The van der Waals surface area contributed by atoms with Gasteiger partial charge in [-0.15, -0.1) is 5.47 Å². The number of rotatable bonds is 7. The van der Waals surface area contributed by atoms with Crippen molar-refractivity contribution in [3.8, 4) is 0 Å². The first kappa shape index (κ1) is 22.9. The molecule has 3 aromatic heterocycles. The molecule has 3 aromatic rings. The molecule has 0 bridgehead atoms. The number of hydrogen-bond donors (Lipinski definition) is 2. The van der Waals surface area contributed by atoms with E-state index in [1.807, 2.05) is 24.3 Å². The lowest BCUT2D eigenvalue weighted by Crippen LogP contribution is -2.29. The zero-order chi connectivity index (χ0) is 23.4. The molecule has 7 nitrogen and oxygen atoms in total. The molecule has 0 amide bonds. The third-order valence-corrected chi connectivity index (χ3v) is 6.16. The molecule has 1 saturated carbocycles. The van der Waals surface area contributed by atoms with Crippen molar-refractivity contribution in [2.75, 3.05) is 5.32 Å². The van der Waals surface area contributed by atoms with Crippen molar-refractivity contribution in [2.45, 2.75) is 59.0 Å². The van der Waals surface area contributed by atoms with E-state index >= 15 is 0 Å². The number of aromatic nitrogens is 4. The second-order valence-electron chi connectivity index (χ2n) is 8.82. The molecule has 1 aliphatic carbocycles. The molecule has 8 heteroatoms. The number of pyridine rings is 2. The minimum atomic E-state index is -0.178. The highest BCUT2D eigenvalue weighted by molar-refractivity contribution is 6.34. The lowest BCUT2D eigenvalue weighted by Gasteiger charge is -2.23. The summed E-state index contributed by atoms with van der Waals surface area (Å²) in [6, 6.07) is 7.50. The third-order valence-electron chi connectivity index (χ3n) is 6.16. The summed E-state index contributed by atoms with van der Waals surface area (Å²) in [6.07, 6.45) is 9.36. The van der Waals surface area contributed by atoms with Crippen molar-refractivity contribution in [1.29, 1.82) is 5.41 Å². The van der Waals surface area contributed by atoms with Gasteiger partial charge in [0.2, 0.25) is 0 Å². The molecule has 3 heterocycles. The van der Waals surface area contributed by atoms with E-state index in [1.165, 1.54) is 19.3 Å². The largest absolute Gasteiger partial charge is 0.361 e. The molecule has 4 rings (SSSR count). The average Bonchev–Trinajstić information content (AvgIpc) is 2.81. The van der Waals surface area contributed by atoms with E-state index in [4.69, 9.17) is 18.2 Å². The molecule has 0 aromatic carbocycles. The van der Waals surface area contributed by atoms with E-state index < -0.39 is 0 Å². The monoisotopic (exact) mass is 440 g/mol. The number of nitrogens with zero attached hydrogens (tertiary/aromatic N) is 4. The van der Waals surface area contributed by atoms with Crippen LogP contribution in [0.4, 0.5) is 5.82 Å². The Labute approximate surface area is 195 Å². The SMILES string of the molecule is [B]/C(C)=C(\C(C)=N)c1ccc2nc(NCc3cccnc3)c(=O)n(CC3CCCCC3)c2n1. The van der Waals surface area contributed by atoms with E-state index in [9.17, 15) is 4.79 Å². The minimum Gasteiger partial charge on any atom is -0.361 e. The standard InChI is InChI=1S/C25H29BN6O/c1-16(26)22(17(2)27)20-10-11-21-24(31-20)32(15-18-7-4-3-5-8-18)25(33)23(30-21)29-14-19-9-6-12-28-13-19/h6,9-13,18,27H,3-5,7-8,14-15H2,1-2H3,(H,29,30)/b22-16+,27-17?. The summed E-state index contributed by atoms with van der Waals surface area (Å²) in [4.78, 5) is 27.1. The average molecular weight is 440 g/mol. The predicted molar refractivity (Wildman–Crippen MR) is 134 cm³/mol. The first-order chi connectivity index (χ1) is 15.9. The fourth-order valence-corrected chi connectivity index (χ4v) is 4.55. The van der Waals surface area contributed by atoms with Crippen molar-refractivity contribution < 1.29 is 0 Å². The summed E-state index contributed by atoms with van der Waals surface area (Å²) in [6.45, 7) is 4.53. The minimum absolute atomic E-state index is 0.178. The van der Waals surface area contributed by atoms with E-state index in [-0.39, 0.29) is 5.56 Å². The maximum Gasteiger partial charge on any atom is 0.294 e. The van der Waals surface area contributed by atoms with Crippen molar-refractivity contribution in [3.05, 3.63) is 63.7 Å². The number of fused-ring (bicyclic) bond motifs is 1. The van der Waals surface area contributed by atoms with Crippen LogP contribution in [0.2, 0.25) is 0 Å². The summed E-state index contributed by atoms with van der Waals surface area (Å²) in [5.74, 6) is 0.750. The maximum absolute atomic E-state index is 13.5. The Morgan fingerprint density at radius 1 is 1.18 bits per heavy atom. The quantitative estimate of drug-likeness (QED) is 0.421. The highest BCUT2D eigenvalue weighted by atomic mass is 16.1. The molecule has 0 aliphatic heterocycles. The molecule has 2 radical (unpaired) electrons. The first-order valence-electron chi connectivity index (χ1n) is 11.5. The van der Waals surface area contributed by atoms with Gasteiger partial charge in [0.05, 0.1) is 5.69 Å². The van der Waals surface area contributed by atoms with Crippen molar-refractivity contribution in [1.82, 2.24) is 19.5 Å². The van der Waals surface area contributed by atoms with Crippen molar-refractivity contribution in [3.63, 3.8) is 0 Å². The lowest BCUT2D eigenvalue weighted by atomic mass is 9.88. The number of anilines is 1. The van der Waals surface area contributed by atoms with Gasteiger partial charge in [-0.25, -0.2) is 9.97 Å². The topological polar surface area (TPSA) is 96.5 Å². The van der Waals surface area contributed by atoms with Crippen LogP contribution in [0.25, 0.3) is 16.7 Å². The number of nitrogens with one attached hydrogen (secondary N) is 2. The summed E-state index contributed by atoms with van der Waals surface area (Å²) in [7, 11) is 6.05. The van der Waals surface area contributed by atoms with Crippen LogP contribution in [-0.2, 0) is 13.1 Å². The molecule has 33 heavy (non-hydrogen) atoms. The zero-order valence-electron chi connectivity index (χ0n) is 19.3. The molecule has 2 N–H and O–H groups in total. The van der Waals surface area contributed by atoms with E-state index in [1.54, 1.807) is 30.8 Å². The molecule has 1 fully saturated rings. The van der Waals surface area contributed by atoms with Crippen LogP contribution < -0.4 is 10.9 Å². The van der Waals surface area contributed by atoms with Gasteiger partial charge in [0.1, 0.15) is 13.4 Å². The van der Waals surface area contributed by atoms with E-state index in [0.717, 1.165) is 18.4 Å². The Morgan fingerprint density at radius 3 is 2.64 bits per heavy atom. The van der Waals surface area contributed by atoms with Gasteiger partial charge in [0.15, 0.2) is 11.5 Å². The predicted octanol–water partition coefficient (Wildman–Crippen LogP) is 4.32. The molecular weight excluding hydrogens is 411 g/mol. The Bertz CT molecular complexity index is 1240. The van der Waals surface area contributed by atoms with Crippen LogP contribution in [0.3, 0.4) is 0 Å². The van der Waals surface area contributed by atoms with Gasteiger partial charge >= 0.3 is 0 Å². The van der Waals surface area contributed by atoms with Gasteiger partial charge < -0.3 is 10.7 Å². The summed E-state index contributed by atoms with van der Waals surface area (Å²) >= 11 is 0. The fraction of sp³-hybridized carbons (Fsp3) is 0.400. The normalized spacial score (nSPS) is 15.3. The van der Waals surface area contributed by atoms with Gasteiger partial charge in [-0.3, -0.25) is 14.3 Å².